The van der Waals surface area contributed by atoms with Crippen LogP contribution in [0.25, 0.3) is 0 Å². The van der Waals surface area contributed by atoms with E-state index in [9.17, 15) is 4.79 Å². The summed E-state index contributed by atoms with van der Waals surface area (Å²) in [7, 11) is 0. The Bertz CT molecular complexity index is 406. The Hall–Kier alpha value is -0.570. The van der Waals surface area contributed by atoms with E-state index < -0.39 is 0 Å². The quantitative estimate of drug-likeness (QED) is 0.816. The summed E-state index contributed by atoms with van der Waals surface area (Å²) in [6.45, 7) is 7.16. The van der Waals surface area contributed by atoms with E-state index in [0.717, 1.165) is 31.6 Å². The van der Waals surface area contributed by atoms with Gasteiger partial charge in [0.15, 0.2) is 0 Å². The Labute approximate surface area is 123 Å². The molecule has 3 N–H and O–H groups in total. The molecule has 0 saturated heterocycles. The van der Waals surface area contributed by atoms with Crippen molar-refractivity contribution < 1.29 is 4.79 Å². The number of nitrogens with two attached hydrogens (primary N) is 1. The first kappa shape index (κ1) is 14.4. The monoisotopic (exact) mass is 278 g/mol. The highest BCUT2D eigenvalue weighted by Gasteiger charge is 2.61. The first-order valence-corrected chi connectivity index (χ1v) is 8.42. The molecule has 0 aromatic rings. The number of amides is 1. The third-order valence-corrected chi connectivity index (χ3v) is 7.27. The third kappa shape index (κ3) is 1.93. The minimum Gasteiger partial charge on any atom is -0.353 e. The second-order valence-electron chi connectivity index (χ2n) is 8.23. The minimum absolute atomic E-state index is 0.0505. The molecule has 0 aliphatic heterocycles. The topological polar surface area (TPSA) is 55.1 Å². The van der Waals surface area contributed by atoms with Gasteiger partial charge in [0.1, 0.15) is 0 Å². The third-order valence-electron chi connectivity index (χ3n) is 7.27. The van der Waals surface area contributed by atoms with Gasteiger partial charge in [0.25, 0.3) is 0 Å². The van der Waals surface area contributed by atoms with E-state index in [2.05, 4.69) is 26.1 Å². The zero-order valence-corrected chi connectivity index (χ0v) is 13.2. The van der Waals surface area contributed by atoms with E-state index in [1.54, 1.807) is 0 Å². The van der Waals surface area contributed by atoms with Crippen LogP contribution in [0.4, 0.5) is 0 Å². The smallest absolute Gasteiger partial charge is 0.224 e. The number of carbonyl (C=O) groups excluding carboxylic acids is 1. The van der Waals surface area contributed by atoms with Crippen LogP contribution in [0.15, 0.2) is 0 Å². The summed E-state index contributed by atoms with van der Waals surface area (Å²) < 4.78 is 0. The summed E-state index contributed by atoms with van der Waals surface area (Å²) in [5.41, 5.74) is 6.79. The van der Waals surface area contributed by atoms with Crippen molar-refractivity contribution in [2.75, 3.05) is 0 Å². The molecule has 1 amide bonds. The Morgan fingerprint density at radius 1 is 1.15 bits per heavy atom. The van der Waals surface area contributed by atoms with Gasteiger partial charge in [-0.15, -0.1) is 0 Å². The first-order valence-electron chi connectivity index (χ1n) is 8.42. The van der Waals surface area contributed by atoms with Crippen molar-refractivity contribution in [3.63, 3.8) is 0 Å². The van der Waals surface area contributed by atoms with Crippen LogP contribution in [0, 0.1) is 22.7 Å². The molecule has 3 heteroatoms. The van der Waals surface area contributed by atoms with Crippen molar-refractivity contribution in [2.45, 2.75) is 77.8 Å². The largest absolute Gasteiger partial charge is 0.353 e. The van der Waals surface area contributed by atoms with E-state index in [1.165, 1.54) is 19.3 Å². The summed E-state index contributed by atoms with van der Waals surface area (Å²) in [5, 5.41) is 3.39. The van der Waals surface area contributed by atoms with Gasteiger partial charge in [-0.3, -0.25) is 4.79 Å². The van der Waals surface area contributed by atoms with Crippen LogP contribution in [-0.2, 0) is 4.79 Å². The van der Waals surface area contributed by atoms with Crippen molar-refractivity contribution in [3.05, 3.63) is 0 Å². The predicted molar refractivity (Wildman–Crippen MR) is 81.1 cm³/mol. The molecular weight excluding hydrogens is 248 g/mol. The lowest BCUT2D eigenvalue weighted by molar-refractivity contribution is -0.128. The fraction of sp³-hybridized carbons (Fsp3) is 0.941. The second-order valence-corrected chi connectivity index (χ2v) is 8.23. The lowest BCUT2D eigenvalue weighted by Gasteiger charge is -2.40. The number of rotatable bonds is 2. The lowest BCUT2D eigenvalue weighted by Crippen LogP contribution is -2.51. The van der Waals surface area contributed by atoms with Crippen molar-refractivity contribution in [1.82, 2.24) is 5.32 Å². The Kier molecular flexibility index (Phi) is 3.39. The molecule has 3 aliphatic carbocycles. The lowest BCUT2D eigenvalue weighted by atomic mass is 9.69. The van der Waals surface area contributed by atoms with Crippen molar-refractivity contribution in [2.24, 2.45) is 28.4 Å². The summed E-state index contributed by atoms with van der Waals surface area (Å²) in [5.74, 6) is 1.05. The Morgan fingerprint density at radius 3 is 2.40 bits per heavy atom. The van der Waals surface area contributed by atoms with Crippen molar-refractivity contribution in [1.29, 1.82) is 0 Å². The van der Waals surface area contributed by atoms with Gasteiger partial charge in [-0.05, 0) is 48.9 Å². The van der Waals surface area contributed by atoms with Gasteiger partial charge in [-0.1, -0.05) is 33.6 Å². The highest BCUT2D eigenvalue weighted by atomic mass is 16.2. The number of nitrogens with one attached hydrogen (secondary N) is 1. The maximum atomic E-state index is 12.6. The Morgan fingerprint density at radius 2 is 1.85 bits per heavy atom. The average molecular weight is 278 g/mol. The van der Waals surface area contributed by atoms with E-state index >= 15 is 0 Å². The zero-order chi connectivity index (χ0) is 14.5. The molecule has 3 fully saturated rings. The minimum atomic E-state index is 0.0505. The summed E-state index contributed by atoms with van der Waals surface area (Å²) in [6.07, 6.45) is 8.07. The number of hydrogen-bond acceptors (Lipinski definition) is 2. The van der Waals surface area contributed by atoms with Crippen LogP contribution in [-0.4, -0.2) is 18.0 Å². The molecule has 2 bridgehead atoms. The number of fused-ring (bicyclic) bond motifs is 2. The maximum Gasteiger partial charge on any atom is 0.224 e. The average Bonchev–Trinajstić information content (AvgIpc) is 2.72. The molecule has 3 rings (SSSR count). The molecule has 0 radical (unpaired) electrons. The summed E-state index contributed by atoms with van der Waals surface area (Å²) in [6, 6.07) is 0.432. The predicted octanol–water partition coefficient (Wildman–Crippen LogP) is 2.83. The standard InChI is InChI=1S/C17H30N2O/c1-16(2)11-8-9-17(16,3)14(10-11)19-15(20)12-6-4-5-7-13(12)18/h11-14H,4-10,18H2,1-3H3,(H,19,20). The molecule has 3 aliphatic rings. The van der Waals surface area contributed by atoms with Crippen molar-refractivity contribution in [3.8, 4) is 0 Å². The second kappa shape index (κ2) is 4.72. The maximum absolute atomic E-state index is 12.6. The van der Waals surface area contributed by atoms with Gasteiger partial charge in [0.05, 0.1) is 5.92 Å². The molecule has 5 unspecified atom stereocenters. The molecular formula is C17H30N2O. The van der Waals surface area contributed by atoms with Crippen LogP contribution in [0.3, 0.4) is 0 Å². The molecule has 114 valence electrons. The van der Waals surface area contributed by atoms with E-state index in [1.807, 2.05) is 0 Å². The summed E-state index contributed by atoms with van der Waals surface area (Å²) >= 11 is 0. The SMILES string of the molecule is CC1(C)C2CCC1(C)C(NC(=O)C1CCCCC1N)C2. The molecule has 3 nitrogen and oxygen atoms in total. The van der Waals surface area contributed by atoms with Crippen LogP contribution in [0.2, 0.25) is 0 Å². The van der Waals surface area contributed by atoms with Gasteiger partial charge in [-0.25, -0.2) is 0 Å². The van der Waals surface area contributed by atoms with E-state index in [4.69, 9.17) is 5.73 Å². The number of hydrogen-bond donors (Lipinski definition) is 2. The van der Waals surface area contributed by atoms with Gasteiger partial charge in [0.2, 0.25) is 5.91 Å². The molecule has 0 aromatic heterocycles. The fourth-order valence-electron chi connectivity index (χ4n) is 5.19. The van der Waals surface area contributed by atoms with Crippen molar-refractivity contribution >= 4 is 5.91 Å². The molecule has 0 spiro atoms. The van der Waals surface area contributed by atoms with E-state index in [-0.39, 0.29) is 23.3 Å². The van der Waals surface area contributed by atoms with Crippen LogP contribution < -0.4 is 11.1 Å². The van der Waals surface area contributed by atoms with Crippen LogP contribution in [0.1, 0.15) is 65.7 Å². The first-order chi connectivity index (χ1) is 9.36. The van der Waals surface area contributed by atoms with E-state index in [0.29, 0.717) is 11.5 Å². The number of carbonyl (C=O) groups is 1. The molecule has 20 heavy (non-hydrogen) atoms. The Balaban J connectivity index is 1.68. The fourth-order valence-corrected chi connectivity index (χ4v) is 5.19. The van der Waals surface area contributed by atoms with Gasteiger partial charge < -0.3 is 11.1 Å². The normalized spacial score (nSPS) is 46.4. The van der Waals surface area contributed by atoms with Crippen LogP contribution >= 0.6 is 0 Å². The highest BCUT2D eigenvalue weighted by Crippen LogP contribution is 2.65. The molecule has 0 heterocycles. The molecule has 3 saturated carbocycles. The highest BCUT2D eigenvalue weighted by molar-refractivity contribution is 5.80. The molecule has 5 atom stereocenters. The summed E-state index contributed by atoms with van der Waals surface area (Å²) in [4.78, 5) is 12.6. The van der Waals surface area contributed by atoms with Crippen LogP contribution in [0.5, 0.6) is 0 Å². The van der Waals surface area contributed by atoms with Gasteiger partial charge in [-0.2, -0.15) is 0 Å². The zero-order valence-electron chi connectivity index (χ0n) is 13.2. The van der Waals surface area contributed by atoms with Gasteiger partial charge in [0, 0.05) is 12.1 Å². The van der Waals surface area contributed by atoms with Gasteiger partial charge >= 0.3 is 0 Å². The molecule has 0 aromatic carbocycles.